The molecule has 2 spiro atoms. The average Bonchev–Trinajstić information content (AvgIpc) is 3.51. The first-order chi connectivity index (χ1) is 23.0. The largest absolute Gasteiger partial charge is 0.481 e. The zero-order valence-electron chi connectivity index (χ0n) is 30.8. The summed E-state index contributed by atoms with van der Waals surface area (Å²) in [5.74, 6) is 0.866. The molecular formula is C40H56O10. The molecule has 50 heavy (non-hydrogen) atoms. The van der Waals surface area contributed by atoms with E-state index in [0.717, 1.165) is 25.7 Å². The average molecular weight is 697 g/mol. The number of carbonyl (C=O) groups is 4. The maximum absolute atomic E-state index is 13.0. The summed E-state index contributed by atoms with van der Waals surface area (Å²) < 4.78 is 12.6. The topological polar surface area (TPSA) is 168 Å². The maximum atomic E-state index is 13.0. The van der Waals surface area contributed by atoms with Gasteiger partial charge in [-0.3, -0.25) is 19.2 Å². The lowest BCUT2D eigenvalue weighted by Gasteiger charge is -2.64. The summed E-state index contributed by atoms with van der Waals surface area (Å²) in [5.41, 5.74) is -2.62. The van der Waals surface area contributed by atoms with E-state index in [9.17, 15) is 29.4 Å². The zero-order chi connectivity index (χ0) is 36.7. The van der Waals surface area contributed by atoms with E-state index in [1.54, 1.807) is 12.2 Å². The molecule has 10 rings (SSSR count). The Hall–Kier alpha value is -2.72. The number of aliphatic carboxylic acids is 2. The van der Waals surface area contributed by atoms with Gasteiger partial charge in [0.05, 0.1) is 0 Å². The molecule has 10 nitrogen and oxygen atoms in total. The normalized spacial score (nSPS) is 46.0. The highest BCUT2D eigenvalue weighted by Gasteiger charge is 2.73. The second kappa shape index (κ2) is 10.9. The Morgan fingerprint density at radius 1 is 0.600 bits per heavy atom. The minimum atomic E-state index is -1.11. The first-order valence-corrected chi connectivity index (χ1v) is 18.7. The molecular weight excluding hydrogens is 640 g/mol. The van der Waals surface area contributed by atoms with Gasteiger partial charge in [-0.05, 0) is 83.9 Å². The highest BCUT2D eigenvalue weighted by molar-refractivity contribution is 6.01. The van der Waals surface area contributed by atoms with Crippen molar-refractivity contribution in [3.8, 4) is 0 Å². The van der Waals surface area contributed by atoms with Crippen molar-refractivity contribution >= 4 is 23.5 Å². The fraction of sp³-hybridized carbons (Fsp3) is 0.800. The van der Waals surface area contributed by atoms with E-state index >= 15 is 0 Å². The Balaban J connectivity index is 0.000000157. The number of fused-ring (bicyclic) bond motifs is 2. The number of carbonyl (C=O) groups excluding carboxylic acids is 2. The number of ketones is 2. The van der Waals surface area contributed by atoms with Crippen molar-refractivity contribution in [3.05, 3.63) is 23.7 Å². The highest BCUT2D eigenvalue weighted by atomic mass is 16.5. The van der Waals surface area contributed by atoms with Crippen LogP contribution >= 0.6 is 0 Å². The van der Waals surface area contributed by atoms with Crippen LogP contribution in [-0.2, 0) is 28.7 Å². The maximum Gasteiger partial charge on any atom is 0.303 e. The Bertz CT molecular complexity index is 1470. The minimum Gasteiger partial charge on any atom is -0.481 e. The molecule has 0 aromatic rings. The van der Waals surface area contributed by atoms with Crippen LogP contribution in [-0.4, -0.2) is 67.3 Å². The Morgan fingerprint density at radius 2 is 0.940 bits per heavy atom. The number of aliphatic hydroxyl groups excluding tert-OH is 2. The predicted octanol–water partition coefficient (Wildman–Crippen LogP) is 5.54. The van der Waals surface area contributed by atoms with Gasteiger partial charge in [-0.2, -0.15) is 0 Å². The van der Waals surface area contributed by atoms with Crippen LogP contribution in [0.4, 0.5) is 0 Å². The standard InChI is InChI=1S/2C20H28O5/c2*1-18(2)10(8-17(23)24)5-12(18)13-9-16(22)20(25-13)14-6-11(7-15(20)21)19(14,3)4/h2*9-12,14-15,21H,5-8H2,1-4H3,(H,23,24)/t2*10-,11-,12+,14-,15+,20+/m11/s1. The van der Waals surface area contributed by atoms with E-state index in [4.69, 9.17) is 19.7 Å². The summed E-state index contributed by atoms with van der Waals surface area (Å²) in [6.07, 6.45) is 6.56. The number of carboxylic acids is 2. The Labute approximate surface area is 295 Å². The second-order valence-electron chi connectivity index (χ2n) is 19.5. The van der Waals surface area contributed by atoms with Crippen molar-refractivity contribution in [2.24, 2.45) is 69.0 Å². The molecule has 12 atom stereocenters. The summed E-state index contributed by atoms with van der Waals surface area (Å²) >= 11 is 0. The molecule has 8 aliphatic carbocycles. The Kier molecular flexibility index (Phi) is 7.78. The molecule has 2 aliphatic heterocycles. The van der Waals surface area contributed by atoms with Gasteiger partial charge < -0.3 is 29.9 Å². The number of aliphatic hydroxyl groups is 2. The number of allylic oxidation sites excluding steroid dienone is 2. The van der Waals surface area contributed by atoms with Crippen molar-refractivity contribution < 1.29 is 49.1 Å². The van der Waals surface area contributed by atoms with Gasteiger partial charge in [0.15, 0.2) is 11.2 Å². The molecule has 8 fully saturated rings. The zero-order valence-corrected chi connectivity index (χ0v) is 30.8. The predicted molar refractivity (Wildman–Crippen MR) is 181 cm³/mol. The number of rotatable bonds is 6. The van der Waals surface area contributed by atoms with Crippen molar-refractivity contribution in [3.63, 3.8) is 0 Å². The van der Waals surface area contributed by atoms with Crippen LogP contribution in [0.25, 0.3) is 0 Å². The smallest absolute Gasteiger partial charge is 0.303 e. The molecule has 0 aromatic carbocycles. The van der Waals surface area contributed by atoms with E-state index < -0.39 is 35.3 Å². The first kappa shape index (κ1) is 35.7. The molecule has 0 radical (unpaired) electrons. The molecule has 4 bridgehead atoms. The Morgan fingerprint density at radius 3 is 1.22 bits per heavy atom. The molecule has 0 saturated heterocycles. The van der Waals surface area contributed by atoms with E-state index in [0.29, 0.717) is 36.2 Å². The molecule has 0 amide bonds. The fourth-order valence-electron chi connectivity index (χ4n) is 12.1. The molecule has 0 unspecified atom stereocenters. The molecule has 0 aromatic heterocycles. The first-order valence-electron chi connectivity index (χ1n) is 18.7. The third-order valence-corrected chi connectivity index (χ3v) is 16.3. The third-order valence-electron chi connectivity index (χ3n) is 16.3. The monoisotopic (exact) mass is 696 g/mol. The summed E-state index contributed by atoms with van der Waals surface area (Å²) in [6, 6.07) is 0. The van der Waals surface area contributed by atoms with E-state index in [2.05, 4.69) is 55.4 Å². The van der Waals surface area contributed by atoms with E-state index in [1.807, 2.05) is 0 Å². The van der Waals surface area contributed by atoms with Crippen molar-refractivity contribution in [2.45, 2.75) is 130 Å². The van der Waals surface area contributed by atoms with Crippen LogP contribution in [0.3, 0.4) is 0 Å². The number of hydrogen-bond donors (Lipinski definition) is 4. The van der Waals surface area contributed by atoms with Crippen LogP contribution in [0, 0.1) is 69.0 Å². The number of ether oxygens (including phenoxy) is 2. The van der Waals surface area contributed by atoms with Crippen LogP contribution in [0.15, 0.2) is 23.7 Å². The lowest BCUT2D eigenvalue weighted by molar-refractivity contribution is -0.248. The van der Waals surface area contributed by atoms with Crippen LogP contribution in [0.5, 0.6) is 0 Å². The number of carboxylic acid groups (broad SMARTS) is 2. The van der Waals surface area contributed by atoms with Crippen LogP contribution in [0.1, 0.15) is 107 Å². The van der Waals surface area contributed by atoms with Gasteiger partial charge in [0.25, 0.3) is 0 Å². The van der Waals surface area contributed by atoms with Gasteiger partial charge in [-0.25, -0.2) is 0 Å². The van der Waals surface area contributed by atoms with Gasteiger partial charge in [-0.1, -0.05) is 55.4 Å². The molecule has 8 saturated carbocycles. The molecule has 10 heteroatoms. The molecule has 276 valence electrons. The number of hydrogen-bond acceptors (Lipinski definition) is 8. The highest BCUT2D eigenvalue weighted by Crippen LogP contribution is 2.68. The quantitative estimate of drug-likeness (QED) is 0.277. The van der Waals surface area contributed by atoms with Crippen LogP contribution in [0.2, 0.25) is 0 Å². The lowest BCUT2D eigenvalue weighted by Crippen LogP contribution is -2.70. The molecule has 10 aliphatic rings. The van der Waals surface area contributed by atoms with Crippen molar-refractivity contribution in [2.75, 3.05) is 0 Å². The lowest BCUT2D eigenvalue weighted by atomic mass is 9.43. The summed E-state index contributed by atoms with van der Waals surface area (Å²) in [4.78, 5) is 48.0. The van der Waals surface area contributed by atoms with Gasteiger partial charge in [0.2, 0.25) is 11.6 Å². The van der Waals surface area contributed by atoms with E-state index in [1.165, 1.54) is 0 Å². The van der Waals surface area contributed by atoms with Gasteiger partial charge >= 0.3 is 11.9 Å². The third kappa shape index (κ3) is 4.58. The fourth-order valence-corrected chi connectivity index (χ4v) is 12.1. The summed E-state index contributed by atoms with van der Waals surface area (Å²) in [7, 11) is 0. The second-order valence-corrected chi connectivity index (χ2v) is 19.5. The minimum absolute atomic E-state index is 0.0130. The summed E-state index contributed by atoms with van der Waals surface area (Å²) in [6.45, 7) is 16.9. The van der Waals surface area contributed by atoms with Gasteiger partial charge in [0.1, 0.15) is 23.7 Å². The van der Waals surface area contributed by atoms with Crippen LogP contribution < -0.4 is 0 Å². The summed E-state index contributed by atoms with van der Waals surface area (Å²) in [5, 5.41) is 39.5. The van der Waals surface area contributed by atoms with Crippen molar-refractivity contribution in [1.29, 1.82) is 0 Å². The van der Waals surface area contributed by atoms with E-state index in [-0.39, 0.29) is 81.6 Å². The SMILES string of the molecule is CC1(C)[C@@H]2C[C@H]1[C@]1(OC([C@@H]3C[C@H](CC(=O)O)C3(C)C)=CC1=O)[C@@H](O)C2.CC1(C)[C@@H]2C[C@H]1[C@]1(OC([C@@H]3C[C@H](CC(=O)O)C3(C)C)=CC1=O)[C@@H](O)C2. The van der Waals surface area contributed by atoms with Gasteiger partial charge in [-0.15, -0.1) is 0 Å². The van der Waals surface area contributed by atoms with Crippen molar-refractivity contribution in [1.82, 2.24) is 0 Å². The molecule has 4 N–H and O–H groups in total. The molecule has 2 heterocycles. The van der Waals surface area contributed by atoms with Gasteiger partial charge in [0, 0.05) is 48.7 Å².